The molecule has 14 heavy (non-hydrogen) atoms. The van der Waals surface area contributed by atoms with Gasteiger partial charge >= 0.3 is 0 Å². The van der Waals surface area contributed by atoms with Gasteiger partial charge in [0.25, 0.3) is 0 Å². The van der Waals surface area contributed by atoms with E-state index >= 15 is 0 Å². The van der Waals surface area contributed by atoms with Crippen molar-refractivity contribution in [2.24, 2.45) is 0 Å². The molecule has 1 aromatic carbocycles. The van der Waals surface area contributed by atoms with Gasteiger partial charge in [0.05, 0.1) is 13.2 Å². The second-order valence-electron chi connectivity index (χ2n) is 3.29. The zero-order valence-corrected chi connectivity index (χ0v) is 10.3. The van der Waals surface area contributed by atoms with Crippen LogP contribution in [0.4, 0.5) is 0 Å². The molecular weight excluding hydrogens is 244 g/mol. The molecule has 0 radical (unpaired) electrons. The first-order valence-corrected chi connectivity index (χ1v) is 5.69. The molecule has 0 saturated carbocycles. The smallest absolute Gasteiger partial charge is 0.161 e. The molecule has 0 N–H and O–H groups in total. The molecule has 2 nitrogen and oxygen atoms in total. The number of halogens is 1. The van der Waals surface area contributed by atoms with E-state index in [2.05, 4.69) is 15.9 Å². The summed E-state index contributed by atoms with van der Waals surface area (Å²) in [5.41, 5.74) is 1.18. The van der Waals surface area contributed by atoms with E-state index in [4.69, 9.17) is 9.47 Å². The minimum absolute atomic E-state index is 0.165. The first-order valence-electron chi connectivity index (χ1n) is 4.57. The Morgan fingerprint density at radius 2 is 2.00 bits per heavy atom. The van der Waals surface area contributed by atoms with Crippen LogP contribution in [0.1, 0.15) is 19.4 Å². The van der Waals surface area contributed by atoms with Crippen molar-refractivity contribution < 1.29 is 9.47 Å². The Morgan fingerprint density at radius 1 is 1.29 bits per heavy atom. The maximum Gasteiger partial charge on any atom is 0.161 e. The zero-order chi connectivity index (χ0) is 10.6. The number of hydrogen-bond donors (Lipinski definition) is 0. The Morgan fingerprint density at radius 3 is 2.50 bits per heavy atom. The van der Waals surface area contributed by atoms with Crippen molar-refractivity contribution in [3.8, 4) is 11.5 Å². The summed E-state index contributed by atoms with van der Waals surface area (Å²) in [6.45, 7) is 4.00. The molecule has 3 heteroatoms. The van der Waals surface area contributed by atoms with Gasteiger partial charge in [-0.1, -0.05) is 22.0 Å². The van der Waals surface area contributed by atoms with E-state index in [1.807, 2.05) is 32.0 Å². The quantitative estimate of drug-likeness (QED) is 0.772. The number of rotatable bonds is 4. The van der Waals surface area contributed by atoms with Gasteiger partial charge in [-0.05, 0) is 31.5 Å². The Hall–Kier alpha value is -0.700. The van der Waals surface area contributed by atoms with Gasteiger partial charge in [0, 0.05) is 5.33 Å². The van der Waals surface area contributed by atoms with Crippen LogP contribution < -0.4 is 9.47 Å². The predicted molar refractivity (Wildman–Crippen MR) is 61.4 cm³/mol. The van der Waals surface area contributed by atoms with Crippen molar-refractivity contribution in [2.75, 3.05) is 7.11 Å². The highest BCUT2D eigenvalue weighted by atomic mass is 79.9. The zero-order valence-electron chi connectivity index (χ0n) is 8.71. The maximum absolute atomic E-state index is 5.60. The Kier molecular flexibility index (Phi) is 4.26. The topological polar surface area (TPSA) is 18.5 Å². The fourth-order valence-corrected chi connectivity index (χ4v) is 1.50. The molecule has 0 saturated heterocycles. The SMILES string of the molecule is COc1cc(CBr)ccc1OC(C)C. The van der Waals surface area contributed by atoms with Crippen molar-refractivity contribution in [3.63, 3.8) is 0 Å². The van der Waals surface area contributed by atoms with E-state index in [0.29, 0.717) is 0 Å². The summed E-state index contributed by atoms with van der Waals surface area (Å²) >= 11 is 3.40. The molecule has 0 bridgehead atoms. The Labute approximate surface area is 93.4 Å². The number of benzene rings is 1. The third-order valence-electron chi connectivity index (χ3n) is 1.75. The van der Waals surface area contributed by atoms with Crippen LogP contribution in [0.2, 0.25) is 0 Å². The lowest BCUT2D eigenvalue weighted by molar-refractivity contribution is 0.230. The maximum atomic E-state index is 5.60. The summed E-state index contributed by atoms with van der Waals surface area (Å²) in [7, 11) is 1.65. The van der Waals surface area contributed by atoms with Gasteiger partial charge in [0.1, 0.15) is 0 Å². The van der Waals surface area contributed by atoms with Crippen molar-refractivity contribution >= 4 is 15.9 Å². The average Bonchev–Trinajstić information content (AvgIpc) is 2.17. The molecular formula is C11H15BrO2. The van der Waals surface area contributed by atoms with Crippen molar-refractivity contribution in [1.82, 2.24) is 0 Å². The average molecular weight is 259 g/mol. The normalized spacial score (nSPS) is 10.4. The molecule has 0 aliphatic rings. The predicted octanol–water partition coefficient (Wildman–Crippen LogP) is 3.38. The van der Waals surface area contributed by atoms with Crippen molar-refractivity contribution in [2.45, 2.75) is 25.3 Å². The van der Waals surface area contributed by atoms with Crippen LogP contribution in [-0.2, 0) is 5.33 Å². The standard InChI is InChI=1S/C11H15BrO2/c1-8(2)14-10-5-4-9(7-12)6-11(10)13-3/h4-6,8H,7H2,1-3H3. The van der Waals surface area contributed by atoms with Gasteiger partial charge < -0.3 is 9.47 Å². The van der Waals surface area contributed by atoms with Crippen LogP contribution in [0.15, 0.2) is 18.2 Å². The minimum Gasteiger partial charge on any atom is -0.493 e. The second-order valence-corrected chi connectivity index (χ2v) is 3.85. The molecule has 0 aliphatic carbocycles. The largest absolute Gasteiger partial charge is 0.493 e. The highest BCUT2D eigenvalue weighted by molar-refractivity contribution is 9.08. The highest BCUT2D eigenvalue weighted by Gasteiger charge is 2.06. The fourth-order valence-electron chi connectivity index (χ4n) is 1.15. The molecule has 0 aliphatic heterocycles. The van der Waals surface area contributed by atoms with Gasteiger partial charge in [0.15, 0.2) is 11.5 Å². The van der Waals surface area contributed by atoms with Crippen molar-refractivity contribution in [1.29, 1.82) is 0 Å². The van der Waals surface area contributed by atoms with Gasteiger partial charge in [-0.15, -0.1) is 0 Å². The number of alkyl halides is 1. The van der Waals surface area contributed by atoms with Crippen LogP contribution in [0.25, 0.3) is 0 Å². The monoisotopic (exact) mass is 258 g/mol. The van der Waals surface area contributed by atoms with Crippen molar-refractivity contribution in [3.05, 3.63) is 23.8 Å². The molecule has 0 spiro atoms. The molecule has 0 aromatic heterocycles. The second kappa shape index (κ2) is 5.25. The molecule has 0 heterocycles. The summed E-state index contributed by atoms with van der Waals surface area (Å²) < 4.78 is 10.8. The van der Waals surface area contributed by atoms with E-state index in [1.54, 1.807) is 7.11 Å². The van der Waals surface area contributed by atoms with E-state index in [1.165, 1.54) is 5.56 Å². The molecule has 1 aromatic rings. The Balaban J connectivity index is 2.93. The summed E-state index contributed by atoms with van der Waals surface area (Å²) in [4.78, 5) is 0. The van der Waals surface area contributed by atoms with Gasteiger partial charge in [-0.3, -0.25) is 0 Å². The van der Waals surface area contributed by atoms with Crippen LogP contribution in [0.3, 0.4) is 0 Å². The van der Waals surface area contributed by atoms with Gasteiger partial charge in [0.2, 0.25) is 0 Å². The minimum atomic E-state index is 0.165. The molecule has 0 atom stereocenters. The number of methoxy groups -OCH3 is 1. The lowest BCUT2D eigenvalue weighted by Crippen LogP contribution is -2.06. The molecule has 0 unspecified atom stereocenters. The molecule has 0 amide bonds. The van der Waals surface area contributed by atoms with Crippen LogP contribution in [0, 0.1) is 0 Å². The first kappa shape index (κ1) is 11.4. The third-order valence-corrected chi connectivity index (χ3v) is 2.39. The number of ether oxygens (including phenoxy) is 2. The van der Waals surface area contributed by atoms with Crippen LogP contribution in [0.5, 0.6) is 11.5 Å². The first-order chi connectivity index (χ1) is 6.67. The van der Waals surface area contributed by atoms with E-state index in [9.17, 15) is 0 Å². The summed E-state index contributed by atoms with van der Waals surface area (Å²) in [5, 5.41) is 0.825. The Bertz CT molecular complexity index is 297. The van der Waals surface area contributed by atoms with Gasteiger partial charge in [-0.25, -0.2) is 0 Å². The van der Waals surface area contributed by atoms with Gasteiger partial charge in [-0.2, -0.15) is 0 Å². The summed E-state index contributed by atoms with van der Waals surface area (Å²) in [5.74, 6) is 1.59. The summed E-state index contributed by atoms with van der Waals surface area (Å²) in [6, 6.07) is 5.94. The fraction of sp³-hybridized carbons (Fsp3) is 0.455. The van der Waals surface area contributed by atoms with E-state index in [-0.39, 0.29) is 6.10 Å². The lowest BCUT2D eigenvalue weighted by atomic mass is 10.2. The molecule has 1 rings (SSSR count). The summed E-state index contributed by atoms with van der Waals surface area (Å²) in [6.07, 6.45) is 0.165. The molecule has 78 valence electrons. The lowest BCUT2D eigenvalue weighted by Gasteiger charge is -2.13. The molecule has 0 fully saturated rings. The number of hydrogen-bond acceptors (Lipinski definition) is 2. The van der Waals surface area contributed by atoms with Crippen LogP contribution >= 0.6 is 15.9 Å². The highest BCUT2D eigenvalue weighted by Crippen LogP contribution is 2.29. The van der Waals surface area contributed by atoms with E-state index < -0.39 is 0 Å². The third kappa shape index (κ3) is 2.91. The van der Waals surface area contributed by atoms with E-state index in [0.717, 1.165) is 16.8 Å². The van der Waals surface area contributed by atoms with Crippen LogP contribution in [-0.4, -0.2) is 13.2 Å².